The molecule has 0 aromatic heterocycles. The van der Waals surface area contributed by atoms with Gasteiger partial charge in [0.15, 0.2) is 11.6 Å². The monoisotopic (exact) mass is 344 g/mol. The standard InChI is InChI=1S/C17H26F2N2O3/c1-6-12(9-21-16(22)24-17(3,4)5)23-15-13(10(2)20)7-11(18)8-14(15)19/h7-8,10,12H,6,9,20H2,1-5H3,(H,21,22)/t10-,12-/m1/s1. The van der Waals surface area contributed by atoms with Crippen molar-refractivity contribution in [2.45, 2.75) is 58.8 Å². The van der Waals surface area contributed by atoms with Crippen molar-refractivity contribution in [2.24, 2.45) is 5.73 Å². The summed E-state index contributed by atoms with van der Waals surface area (Å²) in [4.78, 5) is 11.7. The summed E-state index contributed by atoms with van der Waals surface area (Å²) in [6, 6.07) is 1.30. The van der Waals surface area contributed by atoms with E-state index in [1.54, 1.807) is 27.7 Å². The van der Waals surface area contributed by atoms with Crippen molar-refractivity contribution in [3.63, 3.8) is 0 Å². The van der Waals surface area contributed by atoms with Crippen LogP contribution in [-0.4, -0.2) is 24.3 Å². The van der Waals surface area contributed by atoms with E-state index in [0.717, 1.165) is 12.1 Å². The van der Waals surface area contributed by atoms with Gasteiger partial charge in [-0.15, -0.1) is 0 Å². The number of rotatable bonds is 6. The zero-order chi connectivity index (χ0) is 18.5. The lowest BCUT2D eigenvalue weighted by atomic mass is 10.1. The summed E-state index contributed by atoms with van der Waals surface area (Å²) < 4.78 is 38.2. The van der Waals surface area contributed by atoms with Crippen LogP contribution in [0.1, 0.15) is 52.6 Å². The van der Waals surface area contributed by atoms with Gasteiger partial charge in [0, 0.05) is 17.7 Å². The Morgan fingerprint density at radius 1 is 1.33 bits per heavy atom. The SMILES string of the molecule is CC[C@H](CNC(=O)OC(C)(C)C)Oc1c(F)cc(F)cc1[C@@H](C)N. The van der Waals surface area contributed by atoms with E-state index in [1.165, 1.54) is 0 Å². The summed E-state index contributed by atoms with van der Waals surface area (Å²) in [5, 5.41) is 2.58. The van der Waals surface area contributed by atoms with Gasteiger partial charge >= 0.3 is 6.09 Å². The number of hydrogen-bond donors (Lipinski definition) is 2. The van der Waals surface area contributed by atoms with Crippen LogP contribution in [-0.2, 0) is 4.74 Å². The van der Waals surface area contributed by atoms with Crippen LogP contribution in [0, 0.1) is 11.6 Å². The Labute approximate surface area is 141 Å². The van der Waals surface area contributed by atoms with Crippen LogP contribution in [0.2, 0.25) is 0 Å². The van der Waals surface area contributed by atoms with Crippen molar-refractivity contribution in [2.75, 3.05) is 6.54 Å². The molecule has 0 aliphatic carbocycles. The Morgan fingerprint density at radius 2 is 1.96 bits per heavy atom. The summed E-state index contributed by atoms with van der Waals surface area (Å²) in [6.45, 7) is 8.82. The number of nitrogens with one attached hydrogen (secondary N) is 1. The third-order valence-corrected chi connectivity index (χ3v) is 3.14. The van der Waals surface area contributed by atoms with Crippen LogP contribution >= 0.6 is 0 Å². The fourth-order valence-electron chi connectivity index (χ4n) is 1.99. The predicted molar refractivity (Wildman–Crippen MR) is 87.9 cm³/mol. The molecule has 0 aliphatic heterocycles. The molecule has 0 spiro atoms. The Kier molecular flexibility index (Phi) is 6.95. The number of ether oxygens (including phenoxy) is 2. The Morgan fingerprint density at radius 3 is 2.46 bits per heavy atom. The van der Waals surface area contributed by atoms with Crippen LogP contribution in [0.25, 0.3) is 0 Å². The second-order valence-electron chi connectivity index (χ2n) is 6.63. The molecule has 0 fully saturated rings. The first-order valence-electron chi connectivity index (χ1n) is 7.91. The highest BCUT2D eigenvalue weighted by atomic mass is 19.1. The van der Waals surface area contributed by atoms with Crippen molar-refractivity contribution < 1.29 is 23.0 Å². The summed E-state index contributed by atoms with van der Waals surface area (Å²) in [5.74, 6) is -1.63. The molecule has 136 valence electrons. The zero-order valence-electron chi connectivity index (χ0n) is 14.8. The first-order valence-corrected chi connectivity index (χ1v) is 7.91. The highest BCUT2D eigenvalue weighted by Gasteiger charge is 2.21. The minimum Gasteiger partial charge on any atom is -0.485 e. The molecule has 0 unspecified atom stereocenters. The van der Waals surface area contributed by atoms with Gasteiger partial charge in [0.2, 0.25) is 0 Å². The summed E-state index contributed by atoms with van der Waals surface area (Å²) >= 11 is 0. The average Bonchev–Trinajstić information content (AvgIpc) is 2.42. The number of carbonyl (C=O) groups excluding carboxylic acids is 1. The molecule has 1 amide bonds. The molecule has 1 rings (SSSR count). The van der Waals surface area contributed by atoms with Gasteiger partial charge in [-0.2, -0.15) is 0 Å². The number of carbonyl (C=O) groups is 1. The topological polar surface area (TPSA) is 73.6 Å². The minimum absolute atomic E-state index is 0.0933. The van der Waals surface area contributed by atoms with E-state index in [2.05, 4.69) is 5.32 Å². The van der Waals surface area contributed by atoms with E-state index in [9.17, 15) is 13.6 Å². The van der Waals surface area contributed by atoms with Gasteiger partial charge in [-0.25, -0.2) is 13.6 Å². The smallest absolute Gasteiger partial charge is 0.407 e. The minimum atomic E-state index is -0.821. The van der Waals surface area contributed by atoms with Crippen molar-refractivity contribution in [1.29, 1.82) is 0 Å². The predicted octanol–water partition coefficient (Wildman–Crippen LogP) is 3.67. The molecule has 0 saturated carbocycles. The summed E-state index contributed by atoms with van der Waals surface area (Å²) in [6.07, 6.45) is -0.586. The number of amides is 1. The van der Waals surface area contributed by atoms with Crippen LogP contribution in [0.15, 0.2) is 12.1 Å². The van der Waals surface area contributed by atoms with Crippen LogP contribution in [0.3, 0.4) is 0 Å². The maximum Gasteiger partial charge on any atom is 0.407 e. The maximum absolute atomic E-state index is 14.1. The second kappa shape index (κ2) is 8.28. The normalized spacial score (nSPS) is 14.0. The largest absolute Gasteiger partial charge is 0.485 e. The molecule has 5 nitrogen and oxygen atoms in total. The Balaban J connectivity index is 2.81. The number of alkyl carbamates (subject to hydrolysis) is 1. The molecule has 0 aliphatic rings. The molecule has 2 atom stereocenters. The molecule has 24 heavy (non-hydrogen) atoms. The van der Waals surface area contributed by atoms with Crippen LogP contribution in [0.4, 0.5) is 13.6 Å². The van der Waals surface area contributed by atoms with Crippen molar-refractivity contribution in [3.8, 4) is 5.75 Å². The number of hydrogen-bond acceptors (Lipinski definition) is 4. The molecule has 0 heterocycles. The van der Waals surface area contributed by atoms with E-state index in [-0.39, 0.29) is 17.9 Å². The first-order chi connectivity index (χ1) is 11.0. The molecule has 0 bridgehead atoms. The quantitative estimate of drug-likeness (QED) is 0.826. The third-order valence-electron chi connectivity index (χ3n) is 3.14. The van der Waals surface area contributed by atoms with E-state index in [4.69, 9.17) is 15.2 Å². The fraction of sp³-hybridized carbons (Fsp3) is 0.588. The van der Waals surface area contributed by atoms with Gasteiger partial charge in [0.25, 0.3) is 0 Å². The van der Waals surface area contributed by atoms with Crippen molar-refractivity contribution >= 4 is 6.09 Å². The highest BCUT2D eigenvalue weighted by molar-refractivity contribution is 5.67. The van der Waals surface area contributed by atoms with Crippen LogP contribution in [0.5, 0.6) is 5.75 Å². The van der Waals surface area contributed by atoms with E-state index in [0.29, 0.717) is 6.42 Å². The summed E-state index contributed by atoms with van der Waals surface area (Å²) in [7, 11) is 0. The molecule has 1 aromatic carbocycles. The van der Waals surface area contributed by atoms with Gasteiger partial charge in [0.05, 0.1) is 6.54 Å². The van der Waals surface area contributed by atoms with Gasteiger partial charge in [-0.3, -0.25) is 0 Å². The Hall–Kier alpha value is -1.89. The molecular formula is C17H26F2N2O3. The lowest BCUT2D eigenvalue weighted by Gasteiger charge is -2.23. The third kappa shape index (κ3) is 6.31. The van der Waals surface area contributed by atoms with Crippen molar-refractivity contribution in [3.05, 3.63) is 29.3 Å². The number of benzene rings is 1. The zero-order valence-corrected chi connectivity index (χ0v) is 14.8. The van der Waals surface area contributed by atoms with Crippen molar-refractivity contribution in [1.82, 2.24) is 5.32 Å². The fourth-order valence-corrected chi connectivity index (χ4v) is 1.99. The van der Waals surface area contributed by atoms with E-state index >= 15 is 0 Å². The number of nitrogens with two attached hydrogens (primary N) is 1. The highest BCUT2D eigenvalue weighted by Crippen LogP contribution is 2.29. The first kappa shape index (κ1) is 20.2. The lowest BCUT2D eigenvalue weighted by Crippen LogP contribution is -2.38. The maximum atomic E-state index is 14.1. The Bertz CT molecular complexity index is 572. The molecular weight excluding hydrogens is 318 g/mol. The van der Waals surface area contributed by atoms with Gasteiger partial charge < -0.3 is 20.5 Å². The molecule has 0 radical (unpaired) electrons. The van der Waals surface area contributed by atoms with E-state index < -0.39 is 35.5 Å². The van der Waals surface area contributed by atoms with Gasteiger partial charge in [0.1, 0.15) is 17.5 Å². The van der Waals surface area contributed by atoms with Gasteiger partial charge in [-0.05, 0) is 40.2 Å². The summed E-state index contributed by atoms with van der Waals surface area (Å²) in [5.41, 5.74) is 5.38. The average molecular weight is 344 g/mol. The van der Waals surface area contributed by atoms with Crippen LogP contribution < -0.4 is 15.8 Å². The molecule has 3 N–H and O–H groups in total. The second-order valence-corrected chi connectivity index (χ2v) is 6.63. The molecule has 1 aromatic rings. The molecule has 0 saturated heterocycles. The number of halogens is 2. The van der Waals surface area contributed by atoms with Gasteiger partial charge in [-0.1, -0.05) is 6.92 Å². The lowest BCUT2D eigenvalue weighted by molar-refractivity contribution is 0.0498. The molecule has 7 heteroatoms. The van der Waals surface area contributed by atoms with E-state index in [1.807, 2.05) is 6.92 Å².